The molecule has 5 rings (SSSR count). The molecule has 1 fully saturated rings. The summed E-state index contributed by atoms with van der Waals surface area (Å²) in [6.45, 7) is 0. The molecule has 1 N–H and O–H groups in total. The maximum Gasteiger partial charge on any atom is 0.230 e. The Labute approximate surface area is 207 Å². The molecule has 1 amide bonds. The zero-order valence-corrected chi connectivity index (χ0v) is 20.5. The molecule has 8 heteroatoms. The van der Waals surface area contributed by atoms with Crippen LogP contribution in [0.3, 0.4) is 0 Å². The van der Waals surface area contributed by atoms with Gasteiger partial charge in [-0.05, 0) is 60.0 Å². The molecule has 174 valence electrons. The van der Waals surface area contributed by atoms with Gasteiger partial charge < -0.3 is 10.1 Å². The first-order valence-corrected chi connectivity index (χ1v) is 13.2. The Morgan fingerprint density at radius 1 is 1.12 bits per heavy atom. The quantitative estimate of drug-likeness (QED) is 0.306. The highest BCUT2D eigenvalue weighted by molar-refractivity contribution is 7.99. The Morgan fingerprint density at radius 3 is 2.59 bits per heavy atom. The third-order valence-electron chi connectivity index (χ3n) is 5.84. The van der Waals surface area contributed by atoms with Crippen molar-refractivity contribution >= 4 is 29.0 Å². The molecule has 0 spiro atoms. The Hall–Kier alpha value is -3.10. The molecule has 4 aromatic rings. The molecular weight excluding hydrogens is 464 g/mol. The van der Waals surface area contributed by atoms with Crippen molar-refractivity contribution < 1.29 is 9.53 Å². The van der Waals surface area contributed by atoms with Crippen molar-refractivity contribution in [2.45, 2.75) is 30.5 Å². The highest BCUT2D eigenvalue weighted by Gasteiger charge is 2.33. The van der Waals surface area contributed by atoms with Gasteiger partial charge in [0.1, 0.15) is 11.6 Å². The van der Waals surface area contributed by atoms with E-state index in [1.807, 2.05) is 60.7 Å². The van der Waals surface area contributed by atoms with Gasteiger partial charge in [0.15, 0.2) is 5.16 Å². The number of benzene rings is 2. The van der Waals surface area contributed by atoms with Gasteiger partial charge in [0.05, 0.1) is 18.9 Å². The van der Waals surface area contributed by atoms with E-state index in [2.05, 4.69) is 31.5 Å². The molecule has 6 nitrogen and oxygen atoms in total. The van der Waals surface area contributed by atoms with Crippen LogP contribution in [0.5, 0.6) is 5.75 Å². The summed E-state index contributed by atoms with van der Waals surface area (Å²) in [5.41, 5.74) is 2.11. The standard InChI is InChI=1S/C26H26N4O2S2/c1-32-21-13-11-19(12-14-21)25(18-9-10-18)27-24(31)17-34-26-29-28-23(16-22-8-5-15-33-22)30(26)20-6-3-2-4-7-20/h2-8,11-15,18,25H,9-10,16-17H2,1H3,(H,27,31). The predicted octanol–water partition coefficient (Wildman–Crippen LogP) is 5.29. The van der Waals surface area contributed by atoms with E-state index < -0.39 is 0 Å². The van der Waals surface area contributed by atoms with Gasteiger partial charge in [-0.2, -0.15) is 0 Å². The molecule has 0 saturated heterocycles. The molecule has 2 aromatic heterocycles. The number of ether oxygens (including phenoxy) is 1. The number of methoxy groups -OCH3 is 1. The largest absolute Gasteiger partial charge is 0.497 e. The van der Waals surface area contributed by atoms with Crippen LogP contribution in [0.2, 0.25) is 0 Å². The topological polar surface area (TPSA) is 69.0 Å². The number of hydrogen-bond donors (Lipinski definition) is 1. The summed E-state index contributed by atoms with van der Waals surface area (Å²) < 4.78 is 7.33. The van der Waals surface area contributed by atoms with Gasteiger partial charge in [0.25, 0.3) is 0 Å². The second kappa shape index (κ2) is 10.4. The smallest absolute Gasteiger partial charge is 0.230 e. The lowest BCUT2D eigenvalue weighted by Crippen LogP contribution is -2.31. The van der Waals surface area contributed by atoms with Crippen LogP contribution in [0, 0.1) is 5.92 Å². The number of carbonyl (C=O) groups excluding carboxylic acids is 1. The normalized spacial score (nSPS) is 14.0. The van der Waals surface area contributed by atoms with Gasteiger partial charge in [-0.25, -0.2) is 0 Å². The number of thioether (sulfide) groups is 1. The monoisotopic (exact) mass is 490 g/mol. The summed E-state index contributed by atoms with van der Waals surface area (Å²) in [6, 6.07) is 22.2. The van der Waals surface area contributed by atoms with E-state index in [1.54, 1.807) is 18.4 Å². The lowest BCUT2D eigenvalue weighted by atomic mass is 10.0. The fourth-order valence-electron chi connectivity index (χ4n) is 3.97. The fraction of sp³-hybridized carbons (Fsp3) is 0.269. The summed E-state index contributed by atoms with van der Waals surface area (Å²) in [7, 11) is 1.66. The van der Waals surface area contributed by atoms with Crippen LogP contribution < -0.4 is 10.1 Å². The molecular formula is C26H26N4O2S2. The summed E-state index contributed by atoms with van der Waals surface area (Å²) in [5, 5.41) is 14.9. The van der Waals surface area contributed by atoms with Gasteiger partial charge >= 0.3 is 0 Å². The molecule has 2 aromatic carbocycles. The van der Waals surface area contributed by atoms with Crippen molar-refractivity contribution in [1.82, 2.24) is 20.1 Å². The number of hydrogen-bond acceptors (Lipinski definition) is 6. The zero-order valence-electron chi connectivity index (χ0n) is 18.9. The van der Waals surface area contributed by atoms with Gasteiger partial charge in [-0.15, -0.1) is 21.5 Å². The van der Waals surface area contributed by atoms with Crippen LogP contribution in [0.1, 0.15) is 35.1 Å². The summed E-state index contributed by atoms with van der Waals surface area (Å²) in [4.78, 5) is 14.2. The third kappa shape index (κ3) is 5.34. The number of aromatic nitrogens is 3. The van der Waals surface area contributed by atoms with Crippen LogP contribution in [-0.2, 0) is 11.2 Å². The fourth-order valence-corrected chi connectivity index (χ4v) is 5.46. The summed E-state index contributed by atoms with van der Waals surface area (Å²) in [5.74, 6) is 2.46. The van der Waals surface area contributed by atoms with E-state index in [4.69, 9.17) is 4.74 Å². The van der Waals surface area contributed by atoms with Gasteiger partial charge in [-0.1, -0.05) is 48.2 Å². The predicted molar refractivity (Wildman–Crippen MR) is 136 cm³/mol. The van der Waals surface area contributed by atoms with E-state index in [-0.39, 0.29) is 17.7 Å². The first kappa shape index (κ1) is 22.7. The van der Waals surface area contributed by atoms with Crippen molar-refractivity contribution in [2.24, 2.45) is 5.92 Å². The van der Waals surface area contributed by atoms with Crippen molar-refractivity contribution in [3.05, 3.63) is 88.4 Å². The van der Waals surface area contributed by atoms with E-state index in [0.29, 0.717) is 12.3 Å². The Morgan fingerprint density at radius 2 is 1.91 bits per heavy atom. The average molecular weight is 491 g/mol. The maximum atomic E-state index is 13.0. The van der Waals surface area contributed by atoms with Crippen LogP contribution in [0.25, 0.3) is 5.69 Å². The van der Waals surface area contributed by atoms with Crippen molar-refractivity contribution in [3.63, 3.8) is 0 Å². The Bertz CT molecular complexity index is 1220. The Kier molecular flexibility index (Phi) is 6.97. The minimum Gasteiger partial charge on any atom is -0.497 e. The highest BCUT2D eigenvalue weighted by Crippen LogP contribution is 2.41. The first-order chi connectivity index (χ1) is 16.7. The first-order valence-electron chi connectivity index (χ1n) is 11.3. The molecule has 2 heterocycles. The highest BCUT2D eigenvalue weighted by atomic mass is 32.2. The number of thiophene rings is 1. The number of nitrogens with one attached hydrogen (secondary N) is 1. The molecule has 1 saturated carbocycles. The van der Waals surface area contributed by atoms with E-state index in [0.717, 1.165) is 40.8 Å². The van der Waals surface area contributed by atoms with Gasteiger partial charge in [0.2, 0.25) is 5.91 Å². The summed E-state index contributed by atoms with van der Waals surface area (Å²) >= 11 is 3.12. The molecule has 1 aliphatic rings. The van der Waals surface area contributed by atoms with Crippen LogP contribution in [0.15, 0.2) is 77.3 Å². The Balaban J connectivity index is 1.30. The lowest BCUT2D eigenvalue weighted by molar-refractivity contribution is -0.119. The van der Waals surface area contributed by atoms with E-state index in [1.165, 1.54) is 16.6 Å². The second-order valence-corrected chi connectivity index (χ2v) is 10.2. The molecule has 1 unspecified atom stereocenters. The molecule has 1 atom stereocenters. The molecule has 0 radical (unpaired) electrons. The SMILES string of the molecule is COc1ccc(C(NC(=O)CSc2nnc(Cc3cccs3)n2-c2ccccc2)C2CC2)cc1. The maximum absolute atomic E-state index is 13.0. The van der Waals surface area contributed by atoms with Crippen LogP contribution in [-0.4, -0.2) is 33.5 Å². The lowest BCUT2D eigenvalue weighted by Gasteiger charge is -2.19. The van der Waals surface area contributed by atoms with Crippen molar-refractivity contribution in [3.8, 4) is 11.4 Å². The number of carbonyl (C=O) groups is 1. The zero-order chi connectivity index (χ0) is 23.3. The van der Waals surface area contributed by atoms with Gasteiger partial charge in [-0.3, -0.25) is 9.36 Å². The third-order valence-corrected chi connectivity index (χ3v) is 7.65. The second-order valence-electron chi connectivity index (χ2n) is 8.27. The van der Waals surface area contributed by atoms with Crippen molar-refractivity contribution in [2.75, 3.05) is 12.9 Å². The van der Waals surface area contributed by atoms with E-state index >= 15 is 0 Å². The molecule has 1 aliphatic carbocycles. The van der Waals surface area contributed by atoms with Gasteiger partial charge in [0, 0.05) is 17.0 Å². The number of para-hydroxylation sites is 1. The van der Waals surface area contributed by atoms with Crippen LogP contribution in [0.4, 0.5) is 0 Å². The minimum atomic E-state index is 0.000126. The minimum absolute atomic E-state index is 0.000126. The summed E-state index contributed by atoms with van der Waals surface area (Å²) in [6.07, 6.45) is 2.98. The average Bonchev–Trinajstić information content (AvgIpc) is 3.44. The van der Waals surface area contributed by atoms with E-state index in [9.17, 15) is 4.79 Å². The number of amides is 1. The molecule has 34 heavy (non-hydrogen) atoms. The number of rotatable bonds is 10. The number of nitrogens with zero attached hydrogens (tertiary/aromatic N) is 3. The molecule has 0 bridgehead atoms. The molecule has 0 aliphatic heterocycles. The van der Waals surface area contributed by atoms with Crippen molar-refractivity contribution in [1.29, 1.82) is 0 Å². The van der Waals surface area contributed by atoms with Crippen LogP contribution >= 0.6 is 23.1 Å².